The molecule has 1 aliphatic rings. The van der Waals surface area contributed by atoms with E-state index in [1.807, 2.05) is 0 Å². The van der Waals surface area contributed by atoms with Crippen LogP contribution in [0.1, 0.15) is 17.7 Å². The first-order valence-corrected chi connectivity index (χ1v) is 8.54. The van der Waals surface area contributed by atoms with Crippen molar-refractivity contribution < 1.29 is 26.0 Å². The Morgan fingerprint density at radius 1 is 1.38 bits per heavy atom. The van der Waals surface area contributed by atoms with Gasteiger partial charge in [0.25, 0.3) is 0 Å². The molecule has 1 aliphatic carbocycles. The van der Waals surface area contributed by atoms with E-state index < -0.39 is 28.9 Å². The molecule has 1 heterocycles. The lowest BCUT2D eigenvalue weighted by molar-refractivity contribution is -0.122. The van der Waals surface area contributed by atoms with E-state index in [2.05, 4.69) is 5.32 Å². The summed E-state index contributed by atoms with van der Waals surface area (Å²) in [6.45, 7) is -1.32. The number of thiophene rings is 1. The van der Waals surface area contributed by atoms with Crippen molar-refractivity contribution >= 4 is 21.4 Å². The zero-order valence-electron chi connectivity index (χ0n) is 10.8. The molecule has 0 amide bonds. The average Bonchev–Trinajstić information content (AvgIpc) is 3.10. The molecule has 0 bridgehead atoms. The molecule has 2 N–H and O–H groups in total. The van der Waals surface area contributed by atoms with E-state index in [0.29, 0.717) is 17.5 Å². The van der Waals surface area contributed by atoms with E-state index in [4.69, 9.17) is 0 Å². The number of rotatable bonds is 8. The van der Waals surface area contributed by atoms with Crippen LogP contribution >= 0.6 is 11.3 Å². The Labute approximate surface area is 123 Å². The summed E-state index contributed by atoms with van der Waals surface area (Å²) in [5.41, 5.74) is 0. The highest BCUT2D eigenvalue weighted by Crippen LogP contribution is 2.26. The maximum Gasteiger partial charge on any atom is 0.320 e. The fourth-order valence-electron chi connectivity index (χ4n) is 1.57. The molecular weight excluding hydrogens is 332 g/mol. The highest BCUT2D eigenvalue weighted by molar-refractivity contribution is 7.89. The van der Waals surface area contributed by atoms with Gasteiger partial charge in [0.2, 0.25) is 10.0 Å². The van der Waals surface area contributed by atoms with Crippen LogP contribution in [0.3, 0.4) is 0 Å². The second-order valence-electron chi connectivity index (χ2n) is 4.75. The molecule has 0 spiro atoms. The Kier molecular flexibility index (Phi) is 4.91. The van der Waals surface area contributed by atoms with Crippen molar-refractivity contribution in [2.75, 3.05) is 6.54 Å². The van der Waals surface area contributed by atoms with Crippen LogP contribution in [0, 0.1) is 0 Å². The third-order valence-electron chi connectivity index (χ3n) is 2.94. The molecular formula is C11H14F4N2O2S2. The van der Waals surface area contributed by atoms with E-state index in [1.54, 1.807) is 4.72 Å². The normalized spacial score (nSPS) is 16.6. The van der Waals surface area contributed by atoms with Crippen molar-refractivity contribution in [3.05, 3.63) is 16.3 Å². The van der Waals surface area contributed by atoms with Gasteiger partial charge in [0.05, 0.1) is 11.4 Å². The minimum Gasteiger partial charge on any atom is -0.309 e. The number of alkyl halides is 4. The van der Waals surface area contributed by atoms with Gasteiger partial charge in [0.15, 0.2) is 0 Å². The van der Waals surface area contributed by atoms with Gasteiger partial charge in [0, 0.05) is 17.5 Å². The fraction of sp³-hybridized carbons (Fsp3) is 0.636. The van der Waals surface area contributed by atoms with Gasteiger partial charge >= 0.3 is 12.3 Å². The second-order valence-corrected chi connectivity index (χ2v) is 7.49. The molecule has 0 atom stereocenters. The van der Waals surface area contributed by atoms with Crippen molar-refractivity contribution in [2.45, 2.75) is 42.7 Å². The molecule has 1 aromatic heterocycles. The highest BCUT2D eigenvalue weighted by atomic mass is 32.2. The van der Waals surface area contributed by atoms with Crippen molar-refractivity contribution in [2.24, 2.45) is 0 Å². The van der Waals surface area contributed by atoms with E-state index in [-0.39, 0.29) is 4.90 Å². The van der Waals surface area contributed by atoms with Crippen LogP contribution in [0.15, 0.2) is 16.3 Å². The second kappa shape index (κ2) is 6.19. The lowest BCUT2D eigenvalue weighted by Gasteiger charge is -2.16. The zero-order valence-corrected chi connectivity index (χ0v) is 12.4. The molecule has 0 radical (unpaired) electrons. The summed E-state index contributed by atoms with van der Waals surface area (Å²) in [5, 5.41) is 4.63. The molecule has 0 unspecified atom stereocenters. The van der Waals surface area contributed by atoms with Crippen LogP contribution < -0.4 is 10.0 Å². The Hall–Kier alpha value is -0.710. The molecule has 120 valence electrons. The topological polar surface area (TPSA) is 58.2 Å². The van der Waals surface area contributed by atoms with Gasteiger partial charge in [0.1, 0.15) is 0 Å². The lowest BCUT2D eigenvalue weighted by atomic mass is 10.4. The van der Waals surface area contributed by atoms with Crippen LogP contribution in [0.2, 0.25) is 0 Å². The van der Waals surface area contributed by atoms with Gasteiger partial charge in [-0.2, -0.15) is 8.78 Å². The molecule has 0 aliphatic heterocycles. The Balaban J connectivity index is 2.03. The largest absolute Gasteiger partial charge is 0.320 e. The molecule has 1 fully saturated rings. The number of halogens is 4. The van der Waals surface area contributed by atoms with Gasteiger partial charge in [-0.1, -0.05) is 0 Å². The molecule has 10 heteroatoms. The van der Waals surface area contributed by atoms with E-state index in [1.165, 1.54) is 22.8 Å². The molecule has 0 saturated heterocycles. The number of hydrogen-bond donors (Lipinski definition) is 2. The number of hydrogen-bond acceptors (Lipinski definition) is 4. The zero-order chi connectivity index (χ0) is 15.7. The van der Waals surface area contributed by atoms with Crippen LogP contribution in [0.5, 0.6) is 0 Å². The molecule has 21 heavy (non-hydrogen) atoms. The predicted molar refractivity (Wildman–Crippen MR) is 70.3 cm³/mol. The van der Waals surface area contributed by atoms with Crippen molar-refractivity contribution in [1.29, 1.82) is 0 Å². The quantitative estimate of drug-likeness (QED) is 0.710. The Morgan fingerprint density at radius 2 is 2.05 bits per heavy atom. The molecule has 0 aromatic carbocycles. The van der Waals surface area contributed by atoms with Gasteiger partial charge in [-0.25, -0.2) is 21.9 Å². The first kappa shape index (κ1) is 16.7. The standard InChI is InChI=1S/C11H14F4N2O2S2/c12-10(13)11(14,15)6-17-21(18,19)9-3-4-20-8(9)5-16-7-1-2-7/h3-4,7,10,16-17H,1-2,5-6H2. The van der Waals surface area contributed by atoms with Crippen LogP contribution in [-0.4, -0.2) is 33.4 Å². The van der Waals surface area contributed by atoms with E-state index >= 15 is 0 Å². The lowest BCUT2D eigenvalue weighted by Crippen LogP contribution is -2.41. The monoisotopic (exact) mass is 346 g/mol. The maximum absolute atomic E-state index is 12.8. The molecule has 1 saturated carbocycles. The summed E-state index contributed by atoms with van der Waals surface area (Å²) >= 11 is 1.17. The fourth-order valence-corrected chi connectivity index (χ4v) is 4.00. The summed E-state index contributed by atoms with van der Waals surface area (Å²) in [7, 11) is -4.23. The first-order valence-electron chi connectivity index (χ1n) is 6.18. The minimum atomic E-state index is -4.39. The number of sulfonamides is 1. The molecule has 4 nitrogen and oxygen atoms in total. The summed E-state index contributed by atoms with van der Waals surface area (Å²) in [4.78, 5) is 0.320. The van der Waals surface area contributed by atoms with E-state index in [0.717, 1.165) is 12.8 Å². The van der Waals surface area contributed by atoms with E-state index in [9.17, 15) is 26.0 Å². The van der Waals surface area contributed by atoms with Crippen molar-refractivity contribution in [1.82, 2.24) is 10.0 Å². The minimum absolute atomic E-state index is 0.147. The molecule has 1 aromatic rings. The summed E-state index contributed by atoms with van der Waals surface area (Å²) in [6, 6.07) is 1.64. The number of nitrogens with one attached hydrogen (secondary N) is 2. The summed E-state index contributed by atoms with van der Waals surface area (Å²) in [6.07, 6.45) is -1.88. The smallest absolute Gasteiger partial charge is 0.309 e. The van der Waals surface area contributed by atoms with Gasteiger partial charge < -0.3 is 5.32 Å². The van der Waals surface area contributed by atoms with Gasteiger partial charge in [-0.05, 0) is 24.3 Å². The van der Waals surface area contributed by atoms with Crippen molar-refractivity contribution in [3.63, 3.8) is 0 Å². The van der Waals surface area contributed by atoms with Crippen LogP contribution in [-0.2, 0) is 16.6 Å². The summed E-state index contributed by atoms with van der Waals surface area (Å²) in [5.74, 6) is -4.39. The van der Waals surface area contributed by atoms with Crippen molar-refractivity contribution in [3.8, 4) is 0 Å². The summed E-state index contributed by atoms with van der Waals surface area (Å²) < 4.78 is 75.1. The third-order valence-corrected chi connectivity index (χ3v) is 5.48. The average molecular weight is 346 g/mol. The third kappa shape index (κ3) is 4.38. The first-order chi connectivity index (χ1) is 9.72. The predicted octanol–water partition coefficient (Wildman–Crippen LogP) is 2.18. The maximum atomic E-state index is 12.8. The Bertz CT molecular complexity index is 585. The molecule has 2 rings (SSSR count). The highest BCUT2D eigenvalue weighted by Gasteiger charge is 2.41. The van der Waals surface area contributed by atoms with Crippen LogP contribution in [0.4, 0.5) is 17.6 Å². The van der Waals surface area contributed by atoms with Gasteiger partial charge in [-0.3, -0.25) is 0 Å². The SMILES string of the molecule is O=S(=O)(NCC(F)(F)C(F)F)c1ccsc1CNC1CC1. The van der Waals surface area contributed by atoms with Crippen LogP contribution in [0.25, 0.3) is 0 Å². The van der Waals surface area contributed by atoms with Gasteiger partial charge in [-0.15, -0.1) is 11.3 Å². The Morgan fingerprint density at radius 3 is 2.62 bits per heavy atom.